The number of aliphatic carboxylic acids is 1. The maximum absolute atomic E-state index is 12.2. The minimum absolute atomic E-state index is 0.00417. The summed E-state index contributed by atoms with van der Waals surface area (Å²) < 4.78 is 0. The molecule has 1 fully saturated rings. The molecular weight excluding hydrogens is 230 g/mol. The highest BCUT2D eigenvalue weighted by Gasteiger charge is 2.35. The van der Waals surface area contributed by atoms with Crippen molar-refractivity contribution in [3.8, 4) is 0 Å². The molecule has 3 unspecified atom stereocenters. The van der Waals surface area contributed by atoms with Crippen LogP contribution in [0.25, 0.3) is 0 Å². The molecule has 1 saturated heterocycles. The average molecular weight is 255 g/mol. The van der Waals surface area contributed by atoms with Crippen LogP contribution in [0.5, 0.6) is 0 Å². The summed E-state index contributed by atoms with van der Waals surface area (Å²) in [5.74, 6) is 0.257. The number of piperidine rings is 1. The maximum Gasteiger partial charge on any atom is 0.326 e. The van der Waals surface area contributed by atoms with Gasteiger partial charge in [0, 0.05) is 13.0 Å². The predicted molar refractivity (Wildman–Crippen MR) is 70.2 cm³/mol. The van der Waals surface area contributed by atoms with Crippen LogP contribution in [0.15, 0.2) is 0 Å². The van der Waals surface area contributed by atoms with Crippen molar-refractivity contribution in [1.29, 1.82) is 0 Å². The molecule has 1 aliphatic heterocycles. The van der Waals surface area contributed by atoms with E-state index >= 15 is 0 Å². The van der Waals surface area contributed by atoms with Gasteiger partial charge in [0.05, 0.1) is 0 Å². The van der Waals surface area contributed by atoms with E-state index in [2.05, 4.69) is 20.8 Å². The number of carboxylic acids is 1. The second kappa shape index (κ2) is 6.21. The van der Waals surface area contributed by atoms with E-state index in [1.165, 1.54) is 0 Å². The van der Waals surface area contributed by atoms with Gasteiger partial charge in [-0.2, -0.15) is 0 Å². The molecule has 0 bridgehead atoms. The third kappa shape index (κ3) is 3.72. The van der Waals surface area contributed by atoms with Crippen molar-refractivity contribution in [2.75, 3.05) is 6.54 Å². The van der Waals surface area contributed by atoms with Gasteiger partial charge in [0.15, 0.2) is 0 Å². The first-order valence-corrected chi connectivity index (χ1v) is 6.85. The fourth-order valence-corrected chi connectivity index (χ4v) is 2.30. The summed E-state index contributed by atoms with van der Waals surface area (Å²) in [5.41, 5.74) is 0. The number of carboxylic acid groups (broad SMARTS) is 1. The van der Waals surface area contributed by atoms with Crippen LogP contribution in [-0.2, 0) is 9.59 Å². The van der Waals surface area contributed by atoms with E-state index in [0.29, 0.717) is 37.1 Å². The van der Waals surface area contributed by atoms with Crippen LogP contribution < -0.4 is 0 Å². The minimum atomic E-state index is -0.868. The first-order chi connectivity index (χ1) is 8.32. The number of likely N-dealkylation sites (tertiary alicyclic amines) is 1. The molecule has 1 heterocycles. The molecule has 0 spiro atoms. The Kier molecular flexibility index (Phi) is 5.17. The molecule has 0 aromatic carbocycles. The van der Waals surface area contributed by atoms with E-state index in [9.17, 15) is 14.7 Å². The molecule has 0 aliphatic carbocycles. The first-order valence-electron chi connectivity index (χ1n) is 6.85. The zero-order valence-corrected chi connectivity index (χ0v) is 11.8. The van der Waals surface area contributed by atoms with Gasteiger partial charge in [0.2, 0.25) is 5.91 Å². The topological polar surface area (TPSA) is 57.6 Å². The van der Waals surface area contributed by atoms with Crippen LogP contribution >= 0.6 is 0 Å². The fourth-order valence-electron chi connectivity index (χ4n) is 2.30. The molecule has 18 heavy (non-hydrogen) atoms. The quantitative estimate of drug-likeness (QED) is 0.839. The third-order valence-electron chi connectivity index (χ3n) is 4.10. The Morgan fingerprint density at radius 3 is 2.44 bits per heavy atom. The predicted octanol–water partition coefficient (Wildman–Crippen LogP) is 2.38. The van der Waals surface area contributed by atoms with Crippen molar-refractivity contribution in [2.45, 2.75) is 53.0 Å². The van der Waals surface area contributed by atoms with Crippen LogP contribution in [-0.4, -0.2) is 34.5 Å². The van der Waals surface area contributed by atoms with Gasteiger partial charge in [-0.25, -0.2) is 4.79 Å². The number of carbonyl (C=O) groups excluding carboxylic acids is 1. The maximum atomic E-state index is 12.2. The number of carbonyl (C=O) groups is 2. The van der Waals surface area contributed by atoms with Crippen LogP contribution in [0.3, 0.4) is 0 Å². The lowest BCUT2D eigenvalue weighted by atomic mass is 9.90. The van der Waals surface area contributed by atoms with Crippen molar-refractivity contribution in [2.24, 2.45) is 17.8 Å². The van der Waals surface area contributed by atoms with Crippen molar-refractivity contribution in [1.82, 2.24) is 4.90 Å². The van der Waals surface area contributed by atoms with Gasteiger partial charge in [-0.05, 0) is 30.6 Å². The number of nitrogens with zero attached hydrogens (tertiary/aromatic N) is 1. The molecule has 1 rings (SSSR count). The average Bonchev–Trinajstić information content (AvgIpc) is 2.28. The summed E-state index contributed by atoms with van der Waals surface area (Å²) in [5, 5.41) is 9.22. The van der Waals surface area contributed by atoms with E-state index in [4.69, 9.17) is 0 Å². The summed E-state index contributed by atoms with van der Waals surface area (Å²) in [6, 6.07) is -0.624. The zero-order chi connectivity index (χ0) is 13.9. The monoisotopic (exact) mass is 255 g/mol. The highest BCUT2D eigenvalue weighted by molar-refractivity contribution is 5.84. The Labute approximate surface area is 109 Å². The summed E-state index contributed by atoms with van der Waals surface area (Å²) in [7, 11) is 0. The van der Waals surface area contributed by atoms with E-state index in [1.54, 1.807) is 4.90 Å². The molecule has 104 valence electrons. The van der Waals surface area contributed by atoms with Gasteiger partial charge in [-0.15, -0.1) is 0 Å². The van der Waals surface area contributed by atoms with Gasteiger partial charge < -0.3 is 10.0 Å². The normalized spacial score (nSPS) is 26.2. The lowest BCUT2D eigenvalue weighted by Gasteiger charge is -2.36. The Morgan fingerprint density at radius 1 is 1.33 bits per heavy atom. The Bertz CT molecular complexity index is 314. The number of hydrogen-bond donors (Lipinski definition) is 1. The molecule has 0 saturated carbocycles. The second-order valence-electron chi connectivity index (χ2n) is 6.00. The Hall–Kier alpha value is -1.06. The molecule has 4 nitrogen and oxygen atoms in total. The summed E-state index contributed by atoms with van der Waals surface area (Å²) in [4.78, 5) is 25.0. The van der Waals surface area contributed by atoms with Gasteiger partial charge in [-0.3, -0.25) is 4.79 Å². The lowest BCUT2D eigenvalue weighted by Crippen LogP contribution is -2.50. The molecule has 0 aromatic rings. The van der Waals surface area contributed by atoms with Crippen LogP contribution in [0.2, 0.25) is 0 Å². The Balaban J connectivity index is 2.67. The molecule has 0 radical (unpaired) electrons. The molecule has 1 N–H and O–H groups in total. The zero-order valence-electron chi connectivity index (χ0n) is 11.8. The molecule has 1 aliphatic rings. The van der Waals surface area contributed by atoms with Crippen molar-refractivity contribution >= 4 is 11.9 Å². The largest absolute Gasteiger partial charge is 0.480 e. The summed E-state index contributed by atoms with van der Waals surface area (Å²) >= 11 is 0. The SMILES string of the molecule is CC1CCN(C(=O)CC(C)C(C)C)C(C(=O)O)C1. The highest BCUT2D eigenvalue weighted by Crippen LogP contribution is 2.25. The molecule has 3 atom stereocenters. The van der Waals surface area contributed by atoms with Crippen molar-refractivity contribution in [3.05, 3.63) is 0 Å². The molecule has 4 heteroatoms. The second-order valence-corrected chi connectivity index (χ2v) is 6.00. The van der Waals surface area contributed by atoms with Crippen LogP contribution in [0.4, 0.5) is 0 Å². The number of hydrogen-bond acceptors (Lipinski definition) is 2. The smallest absolute Gasteiger partial charge is 0.326 e. The number of rotatable bonds is 4. The standard InChI is InChI=1S/C14H25NO3/c1-9(2)11(4)8-13(16)15-6-5-10(3)7-12(15)14(17)18/h9-12H,5-8H2,1-4H3,(H,17,18). The van der Waals surface area contributed by atoms with E-state index in [-0.39, 0.29) is 5.91 Å². The van der Waals surface area contributed by atoms with Gasteiger partial charge >= 0.3 is 5.97 Å². The van der Waals surface area contributed by atoms with E-state index in [1.807, 2.05) is 6.92 Å². The summed E-state index contributed by atoms with van der Waals surface area (Å²) in [6.07, 6.45) is 1.94. The van der Waals surface area contributed by atoms with E-state index in [0.717, 1.165) is 6.42 Å². The number of amides is 1. The first kappa shape index (κ1) is 15.0. The lowest BCUT2D eigenvalue weighted by molar-refractivity contribution is -0.153. The molecule has 1 amide bonds. The van der Waals surface area contributed by atoms with Gasteiger partial charge in [0.1, 0.15) is 6.04 Å². The Morgan fingerprint density at radius 2 is 1.94 bits per heavy atom. The van der Waals surface area contributed by atoms with Crippen LogP contribution in [0, 0.1) is 17.8 Å². The minimum Gasteiger partial charge on any atom is -0.480 e. The molecular formula is C14H25NO3. The van der Waals surface area contributed by atoms with Gasteiger partial charge in [-0.1, -0.05) is 27.7 Å². The fraction of sp³-hybridized carbons (Fsp3) is 0.857. The third-order valence-corrected chi connectivity index (χ3v) is 4.10. The van der Waals surface area contributed by atoms with E-state index < -0.39 is 12.0 Å². The summed E-state index contributed by atoms with van der Waals surface area (Å²) in [6.45, 7) is 8.86. The van der Waals surface area contributed by atoms with Gasteiger partial charge in [0.25, 0.3) is 0 Å². The van der Waals surface area contributed by atoms with Crippen molar-refractivity contribution < 1.29 is 14.7 Å². The highest BCUT2D eigenvalue weighted by atomic mass is 16.4. The van der Waals surface area contributed by atoms with Crippen molar-refractivity contribution in [3.63, 3.8) is 0 Å². The van der Waals surface area contributed by atoms with Crippen LogP contribution in [0.1, 0.15) is 47.0 Å². The molecule has 0 aromatic heterocycles.